The molecule has 0 saturated heterocycles. The minimum atomic E-state index is -1.47. The van der Waals surface area contributed by atoms with Crippen LogP contribution in [0.3, 0.4) is 0 Å². The Morgan fingerprint density at radius 1 is 1.07 bits per heavy atom. The van der Waals surface area contributed by atoms with Crippen LogP contribution in [0.1, 0.15) is 6.92 Å². The van der Waals surface area contributed by atoms with Crippen LogP contribution in [0.2, 0.25) is 39.3 Å². The first-order valence-corrected chi connectivity index (χ1v) is 12.3. The van der Waals surface area contributed by atoms with Crippen molar-refractivity contribution in [2.45, 2.75) is 52.2 Å². The molecule has 5 heteroatoms. The summed E-state index contributed by atoms with van der Waals surface area (Å²) < 4.78 is 7.30. The van der Waals surface area contributed by atoms with Gasteiger partial charge in [0.05, 0.1) is 13.2 Å². The lowest BCUT2D eigenvalue weighted by Crippen LogP contribution is -2.64. The molecule has 0 N–H and O–H groups in total. The zero-order valence-corrected chi connectivity index (χ0v) is 13.3. The number of ether oxygens (including phenoxy) is 1. The van der Waals surface area contributed by atoms with Gasteiger partial charge in [-0.15, -0.1) is 0 Å². The normalized spacial score (nSPS) is 15.3. The molecular weight excluding hydrogens is 222 g/mol. The summed E-state index contributed by atoms with van der Waals surface area (Å²) in [6.45, 7) is 15.7. The van der Waals surface area contributed by atoms with E-state index in [1.165, 1.54) is 7.11 Å². The van der Waals surface area contributed by atoms with Gasteiger partial charge in [-0.3, -0.25) is 4.79 Å². The fourth-order valence-corrected chi connectivity index (χ4v) is 13.0. The van der Waals surface area contributed by atoms with Crippen LogP contribution < -0.4 is 0 Å². The van der Waals surface area contributed by atoms with Crippen molar-refractivity contribution in [2.75, 3.05) is 7.11 Å². The Morgan fingerprint density at radius 3 is 1.60 bits per heavy atom. The summed E-state index contributed by atoms with van der Waals surface area (Å²) in [5, 5.41) is 0. The van der Waals surface area contributed by atoms with Gasteiger partial charge in [0, 0.05) is 0 Å². The first kappa shape index (κ1) is 14.9. The Balaban J connectivity index is 5.06. The minimum Gasteiger partial charge on any atom is -0.468 e. The SMILES string of the molecule is COC(=O)C(C)N([Si](C)(C)C)[Si](C)(C)C. The lowest BCUT2D eigenvalue weighted by atomic mass is 10.4. The van der Waals surface area contributed by atoms with Gasteiger partial charge in [0.2, 0.25) is 0 Å². The van der Waals surface area contributed by atoms with E-state index >= 15 is 0 Å². The molecule has 0 aliphatic carbocycles. The second-order valence-corrected chi connectivity index (χ2v) is 16.0. The van der Waals surface area contributed by atoms with E-state index in [2.05, 4.69) is 43.5 Å². The molecule has 0 spiro atoms. The minimum absolute atomic E-state index is 0.103. The van der Waals surface area contributed by atoms with Crippen LogP contribution in [-0.2, 0) is 9.53 Å². The molecule has 0 aliphatic rings. The van der Waals surface area contributed by atoms with Crippen LogP contribution in [0.4, 0.5) is 0 Å². The summed E-state index contributed by atoms with van der Waals surface area (Å²) in [6, 6.07) is -0.103. The molecule has 0 fully saturated rings. The first-order chi connectivity index (χ1) is 6.51. The number of methoxy groups -OCH3 is 1. The number of hydrogen-bond acceptors (Lipinski definition) is 3. The molecule has 0 aromatic carbocycles. The van der Waals surface area contributed by atoms with Gasteiger partial charge in [-0.1, -0.05) is 39.3 Å². The monoisotopic (exact) mass is 247 g/mol. The third-order valence-electron chi connectivity index (χ3n) is 2.38. The molecular formula is C10H25NO2Si2. The maximum absolute atomic E-state index is 11.6. The van der Waals surface area contributed by atoms with E-state index < -0.39 is 16.5 Å². The van der Waals surface area contributed by atoms with Gasteiger partial charge in [0.15, 0.2) is 0 Å². The van der Waals surface area contributed by atoms with Crippen molar-refractivity contribution < 1.29 is 9.53 Å². The summed E-state index contributed by atoms with van der Waals surface area (Å²) in [7, 11) is -1.48. The van der Waals surface area contributed by atoms with E-state index in [4.69, 9.17) is 4.74 Å². The summed E-state index contributed by atoms with van der Waals surface area (Å²) >= 11 is 0. The van der Waals surface area contributed by atoms with Crippen molar-refractivity contribution in [1.29, 1.82) is 0 Å². The molecule has 0 radical (unpaired) electrons. The van der Waals surface area contributed by atoms with Gasteiger partial charge in [0.1, 0.15) is 16.5 Å². The zero-order valence-electron chi connectivity index (χ0n) is 11.3. The van der Waals surface area contributed by atoms with Gasteiger partial charge in [-0.05, 0) is 6.92 Å². The van der Waals surface area contributed by atoms with Crippen molar-refractivity contribution in [3.05, 3.63) is 0 Å². The fraction of sp³-hybridized carbons (Fsp3) is 0.900. The molecule has 0 heterocycles. The molecule has 0 saturated carbocycles. The lowest BCUT2D eigenvalue weighted by molar-refractivity contribution is -0.143. The smallest absolute Gasteiger partial charge is 0.321 e. The van der Waals surface area contributed by atoms with Crippen LogP contribution in [0.15, 0.2) is 0 Å². The fourth-order valence-electron chi connectivity index (χ4n) is 2.44. The Kier molecular flexibility index (Phi) is 4.76. The van der Waals surface area contributed by atoms with E-state index in [9.17, 15) is 4.79 Å². The molecule has 1 unspecified atom stereocenters. The molecule has 15 heavy (non-hydrogen) atoms. The van der Waals surface area contributed by atoms with E-state index in [1.807, 2.05) is 6.92 Å². The summed E-state index contributed by atoms with van der Waals surface area (Å²) in [5.41, 5.74) is 0. The topological polar surface area (TPSA) is 29.5 Å². The highest BCUT2D eigenvalue weighted by Crippen LogP contribution is 2.23. The van der Waals surface area contributed by atoms with Crippen LogP contribution in [0.5, 0.6) is 0 Å². The maximum Gasteiger partial charge on any atom is 0.321 e. The van der Waals surface area contributed by atoms with Crippen molar-refractivity contribution in [1.82, 2.24) is 4.23 Å². The van der Waals surface area contributed by atoms with E-state index in [0.29, 0.717) is 0 Å². The summed E-state index contributed by atoms with van der Waals surface area (Å²) in [4.78, 5) is 11.6. The molecule has 0 aromatic rings. The average Bonchev–Trinajstić information content (AvgIpc) is 1.97. The van der Waals surface area contributed by atoms with Crippen molar-refractivity contribution >= 4 is 22.4 Å². The molecule has 3 nitrogen and oxygen atoms in total. The zero-order chi connectivity index (χ0) is 12.4. The summed E-state index contributed by atoms with van der Waals surface area (Å²) in [5.74, 6) is -0.111. The predicted octanol–water partition coefficient (Wildman–Crippen LogP) is 2.52. The Bertz CT molecular complexity index is 217. The van der Waals surface area contributed by atoms with Crippen LogP contribution in [-0.4, -0.2) is 39.8 Å². The Morgan fingerprint density at radius 2 is 1.40 bits per heavy atom. The first-order valence-electron chi connectivity index (χ1n) is 5.39. The van der Waals surface area contributed by atoms with Gasteiger partial charge >= 0.3 is 5.97 Å². The molecule has 90 valence electrons. The largest absolute Gasteiger partial charge is 0.468 e. The number of hydrogen-bond donors (Lipinski definition) is 0. The molecule has 0 aromatic heterocycles. The van der Waals surface area contributed by atoms with Crippen molar-refractivity contribution in [3.63, 3.8) is 0 Å². The number of carbonyl (C=O) groups is 1. The van der Waals surface area contributed by atoms with Crippen LogP contribution in [0, 0.1) is 0 Å². The number of rotatable bonds is 4. The Hall–Kier alpha value is -0.136. The average molecular weight is 247 g/mol. The van der Waals surface area contributed by atoms with Gasteiger partial charge in [-0.25, -0.2) is 0 Å². The second kappa shape index (κ2) is 4.80. The van der Waals surface area contributed by atoms with E-state index in [0.717, 1.165) is 0 Å². The molecule has 0 aliphatic heterocycles. The van der Waals surface area contributed by atoms with E-state index in [-0.39, 0.29) is 12.0 Å². The van der Waals surface area contributed by atoms with Crippen LogP contribution >= 0.6 is 0 Å². The molecule has 1 atom stereocenters. The lowest BCUT2D eigenvalue weighted by Gasteiger charge is -2.46. The highest BCUT2D eigenvalue weighted by molar-refractivity contribution is 6.89. The van der Waals surface area contributed by atoms with Crippen LogP contribution in [0.25, 0.3) is 0 Å². The molecule has 0 rings (SSSR count). The van der Waals surface area contributed by atoms with Gasteiger partial charge in [-0.2, -0.15) is 0 Å². The highest BCUT2D eigenvalue weighted by atomic mass is 28.4. The van der Waals surface area contributed by atoms with Crippen molar-refractivity contribution in [2.24, 2.45) is 0 Å². The number of nitrogens with zero attached hydrogens (tertiary/aromatic N) is 1. The molecule has 0 amide bonds. The van der Waals surface area contributed by atoms with Gasteiger partial charge in [0.25, 0.3) is 0 Å². The molecule has 0 bridgehead atoms. The maximum atomic E-state index is 11.6. The quantitative estimate of drug-likeness (QED) is 0.565. The number of esters is 1. The Labute approximate surface area is 96.0 Å². The third-order valence-corrected chi connectivity index (χ3v) is 10.1. The number of carbonyl (C=O) groups excluding carboxylic acids is 1. The second-order valence-electron chi connectivity index (χ2n) is 5.91. The third kappa shape index (κ3) is 4.08. The van der Waals surface area contributed by atoms with E-state index in [1.54, 1.807) is 0 Å². The standard InChI is InChI=1S/C10H25NO2Si2/c1-9(10(12)13-2)11(14(3,4)5)15(6,7)8/h9H,1-8H3. The van der Waals surface area contributed by atoms with Crippen molar-refractivity contribution in [3.8, 4) is 0 Å². The van der Waals surface area contributed by atoms with Gasteiger partial charge < -0.3 is 8.97 Å². The predicted molar refractivity (Wildman–Crippen MR) is 70.0 cm³/mol. The summed E-state index contributed by atoms with van der Waals surface area (Å²) in [6.07, 6.45) is 0. The highest BCUT2D eigenvalue weighted by Gasteiger charge is 2.40.